The smallest absolute Gasteiger partial charge is 0.407 e. The Morgan fingerprint density at radius 1 is 1.47 bits per heavy atom. The van der Waals surface area contributed by atoms with Crippen LogP contribution in [0.2, 0.25) is 0 Å². The van der Waals surface area contributed by atoms with E-state index in [0.717, 1.165) is 19.7 Å². The Morgan fingerprint density at radius 2 is 2.24 bits per heavy atom. The van der Waals surface area contributed by atoms with Gasteiger partial charge in [0.05, 0.1) is 13.2 Å². The first-order chi connectivity index (χ1) is 7.97. The molecule has 5 heteroatoms. The number of amides is 1. The fraction of sp³-hybridized carbons (Fsp3) is 0.917. The molecule has 1 unspecified atom stereocenters. The molecular formula is C12H24N2O3. The first-order valence-corrected chi connectivity index (χ1v) is 6.23. The van der Waals surface area contributed by atoms with Gasteiger partial charge in [0.2, 0.25) is 0 Å². The van der Waals surface area contributed by atoms with Gasteiger partial charge in [0, 0.05) is 13.1 Å². The standard InChI is InChI=1S/C12H24N2O3/c1-12(2,3)17-11(15)14-6-7-16-9-10-4-5-13-8-10/h10,13H,4-9H2,1-3H3,(H,14,15). The van der Waals surface area contributed by atoms with Gasteiger partial charge in [-0.05, 0) is 39.7 Å². The molecule has 1 heterocycles. The highest BCUT2D eigenvalue weighted by Gasteiger charge is 2.16. The zero-order chi connectivity index (χ0) is 12.7. The van der Waals surface area contributed by atoms with Crippen molar-refractivity contribution in [2.75, 3.05) is 32.8 Å². The summed E-state index contributed by atoms with van der Waals surface area (Å²) in [7, 11) is 0. The van der Waals surface area contributed by atoms with Crippen molar-refractivity contribution in [1.82, 2.24) is 10.6 Å². The lowest BCUT2D eigenvalue weighted by molar-refractivity contribution is 0.0488. The number of rotatable bonds is 5. The predicted octanol–water partition coefficient (Wildman–Crippen LogP) is 1.14. The fourth-order valence-electron chi connectivity index (χ4n) is 1.65. The van der Waals surface area contributed by atoms with Gasteiger partial charge in [0.25, 0.3) is 0 Å². The summed E-state index contributed by atoms with van der Waals surface area (Å²) in [6, 6.07) is 0. The van der Waals surface area contributed by atoms with Gasteiger partial charge in [-0.15, -0.1) is 0 Å². The Bertz CT molecular complexity index is 232. The van der Waals surface area contributed by atoms with Crippen molar-refractivity contribution >= 4 is 6.09 Å². The zero-order valence-electron chi connectivity index (χ0n) is 11.0. The Morgan fingerprint density at radius 3 is 2.82 bits per heavy atom. The molecule has 1 aliphatic heterocycles. The molecule has 1 fully saturated rings. The van der Waals surface area contributed by atoms with Crippen LogP contribution < -0.4 is 10.6 Å². The second-order valence-corrected chi connectivity index (χ2v) is 5.36. The highest BCUT2D eigenvalue weighted by Crippen LogP contribution is 2.07. The van der Waals surface area contributed by atoms with Gasteiger partial charge in [-0.25, -0.2) is 4.79 Å². The molecule has 17 heavy (non-hydrogen) atoms. The Hall–Kier alpha value is -0.810. The number of carbonyl (C=O) groups is 1. The third kappa shape index (κ3) is 7.18. The van der Waals surface area contributed by atoms with Crippen LogP contribution in [0.4, 0.5) is 4.79 Å². The summed E-state index contributed by atoms with van der Waals surface area (Å²) in [6.07, 6.45) is 0.795. The van der Waals surface area contributed by atoms with E-state index < -0.39 is 5.60 Å². The van der Waals surface area contributed by atoms with E-state index in [1.54, 1.807) is 0 Å². The Balaban J connectivity index is 1.94. The van der Waals surface area contributed by atoms with Crippen LogP contribution in [0, 0.1) is 5.92 Å². The molecule has 2 N–H and O–H groups in total. The van der Waals surface area contributed by atoms with E-state index in [-0.39, 0.29) is 6.09 Å². The van der Waals surface area contributed by atoms with Crippen molar-refractivity contribution in [2.24, 2.45) is 5.92 Å². The molecule has 0 aromatic rings. The minimum Gasteiger partial charge on any atom is -0.444 e. The SMILES string of the molecule is CC(C)(C)OC(=O)NCCOCC1CCNC1. The maximum absolute atomic E-state index is 11.3. The van der Waals surface area contributed by atoms with Gasteiger partial charge in [0.1, 0.15) is 5.60 Å². The molecule has 0 bridgehead atoms. The third-order valence-corrected chi connectivity index (χ3v) is 2.43. The third-order valence-electron chi connectivity index (χ3n) is 2.43. The van der Waals surface area contributed by atoms with Crippen molar-refractivity contribution in [3.05, 3.63) is 0 Å². The summed E-state index contributed by atoms with van der Waals surface area (Å²) < 4.78 is 10.6. The molecule has 1 saturated heterocycles. The zero-order valence-corrected chi connectivity index (χ0v) is 11.0. The van der Waals surface area contributed by atoms with Gasteiger partial charge in [0.15, 0.2) is 0 Å². The molecule has 0 saturated carbocycles. The van der Waals surface area contributed by atoms with Crippen LogP contribution in [-0.4, -0.2) is 44.5 Å². The van der Waals surface area contributed by atoms with E-state index >= 15 is 0 Å². The average Bonchev–Trinajstić information content (AvgIpc) is 2.67. The van der Waals surface area contributed by atoms with Gasteiger partial charge in [-0.3, -0.25) is 0 Å². The number of alkyl carbamates (subject to hydrolysis) is 1. The average molecular weight is 244 g/mol. The molecule has 1 aliphatic rings. The number of hydrogen-bond donors (Lipinski definition) is 2. The molecule has 0 spiro atoms. The largest absolute Gasteiger partial charge is 0.444 e. The molecule has 0 aromatic heterocycles. The fourth-order valence-corrected chi connectivity index (χ4v) is 1.65. The minimum atomic E-state index is -0.444. The molecule has 5 nitrogen and oxygen atoms in total. The maximum atomic E-state index is 11.3. The van der Waals surface area contributed by atoms with E-state index in [1.807, 2.05) is 20.8 Å². The van der Waals surface area contributed by atoms with Crippen LogP contribution in [0.15, 0.2) is 0 Å². The van der Waals surface area contributed by atoms with Crippen LogP contribution >= 0.6 is 0 Å². The molecule has 1 rings (SSSR count). The van der Waals surface area contributed by atoms with Gasteiger partial charge < -0.3 is 20.1 Å². The highest BCUT2D eigenvalue weighted by molar-refractivity contribution is 5.67. The Kier molecular flexibility index (Phi) is 5.71. The lowest BCUT2D eigenvalue weighted by Gasteiger charge is -2.19. The van der Waals surface area contributed by atoms with E-state index in [9.17, 15) is 4.79 Å². The van der Waals surface area contributed by atoms with Crippen LogP contribution in [0.1, 0.15) is 27.2 Å². The van der Waals surface area contributed by atoms with E-state index in [4.69, 9.17) is 9.47 Å². The normalized spacial score (nSPS) is 20.3. The summed E-state index contributed by atoms with van der Waals surface area (Å²) in [5.41, 5.74) is -0.444. The second kappa shape index (κ2) is 6.81. The van der Waals surface area contributed by atoms with Crippen LogP contribution in [0.5, 0.6) is 0 Å². The van der Waals surface area contributed by atoms with Crippen LogP contribution in [0.25, 0.3) is 0 Å². The first-order valence-electron chi connectivity index (χ1n) is 6.23. The van der Waals surface area contributed by atoms with E-state index in [2.05, 4.69) is 10.6 Å². The first kappa shape index (κ1) is 14.3. The van der Waals surface area contributed by atoms with Crippen LogP contribution in [0.3, 0.4) is 0 Å². The van der Waals surface area contributed by atoms with Crippen molar-refractivity contribution in [2.45, 2.75) is 32.8 Å². The van der Waals surface area contributed by atoms with E-state index in [1.165, 1.54) is 6.42 Å². The van der Waals surface area contributed by atoms with Crippen molar-refractivity contribution in [3.63, 3.8) is 0 Å². The number of ether oxygens (including phenoxy) is 2. The lowest BCUT2D eigenvalue weighted by Crippen LogP contribution is -2.34. The molecule has 1 atom stereocenters. The van der Waals surface area contributed by atoms with Gasteiger partial charge in [-0.1, -0.05) is 0 Å². The highest BCUT2D eigenvalue weighted by atomic mass is 16.6. The topological polar surface area (TPSA) is 59.6 Å². The van der Waals surface area contributed by atoms with Crippen molar-refractivity contribution < 1.29 is 14.3 Å². The van der Waals surface area contributed by atoms with Gasteiger partial charge >= 0.3 is 6.09 Å². The minimum absolute atomic E-state index is 0.386. The van der Waals surface area contributed by atoms with Crippen molar-refractivity contribution in [1.29, 1.82) is 0 Å². The van der Waals surface area contributed by atoms with Crippen LogP contribution in [-0.2, 0) is 9.47 Å². The number of carbonyl (C=O) groups excluding carboxylic acids is 1. The molecular weight excluding hydrogens is 220 g/mol. The summed E-state index contributed by atoms with van der Waals surface area (Å²) in [4.78, 5) is 11.3. The Labute approximate surface area is 103 Å². The monoisotopic (exact) mass is 244 g/mol. The summed E-state index contributed by atoms with van der Waals surface area (Å²) in [5.74, 6) is 0.622. The molecule has 100 valence electrons. The lowest BCUT2D eigenvalue weighted by atomic mass is 10.1. The quantitative estimate of drug-likeness (QED) is 0.712. The van der Waals surface area contributed by atoms with Crippen molar-refractivity contribution in [3.8, 4) is 0 Å². The summed E-state index contributed by atoms with van der Waals surface area (Å²) in [5, 5.41) is 5.95. The molecule has 0 radical (unpaired) electrons. The molecule has 0 aliphatic carbocycles. The van der Waals surface area contributed by atoms with Gasteiger partial charge in [-0.2, -0.15) is 0 Å². The van der Waals surface area contributed by atoms with E-state index in [0.29, 0.717) is 19.1 Å². The number of hydrogen-bond acceptors (Lipinski definition) is 4. The predicted molar refractivity (Wildman–Crippen MR) is 66.0 cm³/mol. The molecule has 1 amide bonds. The number of nitrogens with one attached hydrogen (secondary N) is 2. The maximum Gasteiger partial charge on any atom is 0.407 e. The summed E-state index contributed by atoms with van der Waals surface area (Å²) in [6.45, 7) is 9.46. The summed E-state index contributed by atoms with van der Waals surface area (Å²) >= 11 is 0. The molecule has 0 aromatic carbocycles. The second-order valence-electron chi connectivity index (χ2n) is 5.36.